The van der Waals surface area contributed by atoms with Crippen LogP contribution in [0.25, 0.3) is 0 Å². The molecule has 0 aromatic rings. The van der Waals surface area contributed by atoms with E-state index in [0.29, 0.717) is 0 Å². The van der Waals surface area contributed by atoms with Crippen LogP contribution in [-0.4, -0.2) is 30.1 Å². The van der Waals surface area contributed by atoms with E-state index in [0.717, 1.165) is 0 Å². The Morgan fingerprint density at radius 3 is 1.44 bits per heavy atom. The first-order valence-electron chi connectivity index (χ1n) is 3.22. The lowest BCUT2D eigenvalue weighted by atomic mass is 10.4. The van der Waals surface area contributed by atoms with Crippen molar-refractivity contribution < 1.29 is 10.2 Å². The normalized spacial score (nSPS) is 19.3. The number of aliphatic hydroxyl groups excluding tert-OH is 2. The molecule has 0 saturated carbocycles. The summed E-state index contributed by atoms with van der Waals surface area (Å²) in [4.78, 5) is 0. The van der Waals surface area contributed by atoms with E-state index in [1.165, 1.54) is 0 Å². The van der Waals surface area contributed by atoms with Crippen molar-refractivity contribution in [1.29, 1.82) is 0 Å². The molecule has 0 rings (SSSR count). The summed E-state index contributed by atoms with van der Waals surface area (Å²) >= 11 is 0. The van der Waals surface area contributed by atoms with Crippen LogP contribution in [0.5, 0.6) is 0 Å². The molecule has 2 unspecified atom stereocenters. The van der Waals surface area contributed by atoms with Gasteiger partial charge in [0.25, 0.3) is 0 Å². The summed E-state index contributed by atoms with van der Waals surface area (Å²) in [5.74, 6) is 0. The van der Waals surface area contributed by atoms with Gasteiger partial charge in [0.1, 0.15) is 0 Å². The standard InChI is InChI=1S/C6H16O2Si/c1-5(7)6(8)9(2,3)4/h5-8H,1-4H3. The molecule has 56 valence electrons. The molecule has 0 heterocycles. The monoisotopic (exact) mass is 148 g/mol. The van der Waals surface area contributed by atoms with E-state index < -0.39 is 19.9 Å². The lowest BCUT2D eigenvalue weighted by molar-refractivity contribution is 0.0755. The lowest BCUT2D eigenvalue weighted by Crippen LogP contribution is -2.45. The van der Waals surface area contributed by atoms with Gasteiger partial charge in [-0.1, -0.05) is 19.6 Å². The van der Waals surface area contributed by atoms with Gasteiger partial charge in [-0.2, -0.15) is 0 Å². The highest BCUT2D eigenvalue weighted by Crippen LogP contribution is 2.10. The lowest BCUT2D eigenvalue weighted by Gasteiger charge is -2.25. The van der Waals surface area contributed by atoms with Crippen LogP contribution in [0.4, 0.5) is 0 Å². The van der Waals surface area contributed by atoms with Gasteiger partial charge in [0.2, 0.25) is 0 Å². The largest absolute Gasteiger partial charge is 0.394 e. The number of aliphatic hydroxyl groups is 2. The van der Waals surface area contributed by atoms with Crippen molar-refractivity contribution in [1.82, 2.24) is 0 Å². The van der Waals surface area contributed by atoms with Crippen molar-refractivity contribution in [2.24, 2.45) is 0 Å². The highest BCUT2D eigenvalue weighted by molar-refractivity contribution is 6.77. The molecule has 9 heavy (non-hydrogen) atoms. The molecule has 0 fully saturated rings. The molecule has 2 nitrogen and oxygen atoms in total. The fourth-order valence-corrected chi connectivity index (χ4v) is 2.17. The van der Waals surface area contributed by atoms with E-state index in [2.05, 4.69) is 0 Å². The Bertz CT molecular complexity index is 85.5. The summed E-state index contributed by atoms with van der Waals surface area (Å²) < 4.78 is 0. The van der Waals surface area contributed by atoms with Crippen LogP contribution in [0.1, 0.15) is 6.92 Å². The summed E-state index contributed by atoms with van der Waals surface area (Å²) in [7, 11) is -1.52. The van der Waals surface area contributed by atoms with E-state index in [9.17, 15) is 5.11 Å². The number of hydrogen-bond acceptors (Lipinski definition) is 2. The minimum Gasteiger partial charge on any atom is -0.394 e. The van der Waals surface area contributed by atoms with Crippen LogP contribution >= 0.6 is 0 Å². The number of hydrogen-bond donors (Lipinski definition) is 2. The Morgan fingerprint density at radius 1 is 1.11 bits per heavy atom. The summed E-state index contributed by atoms with van der Waals surface area (Å²) in [6.45, 7) is 7.72. The second kappa shape index (κ2) is 2.81. The molecule has 0 radical (unpaired) electrons. The van der Waals surface area contributed by atoms with Gasteiger partial charge in [-0.05, 0) is 6.92 Å². The Kier molecular flexibility index (Phi) is 2.86. The summed E-state index contributed by atoms with van der Waals surface area (Å²) in [6.07, 6.45) is -0.573. The molecule has 2 N–H and O–H groups in total. The van der Waals surface area contributed by atoms with Gasteiger partial charge in [-0.3, -0.25) is 0 Å². The molecular weight excluding hydrogens is 132 g/mol. The fourth-order valence-electron chi connectivity index (χ4n) is 0.724. The average molecular weight is 148 g/mol. The third-order valence-electron chi connectivity index (χ3n) is 1.34. The SMILES string of the molecule is CC(O)C(O)[Si](C)(C)C. The van der Waals surface area contributed by atoms with Crippen molar-refractivity contribution in [3.05, 3.63) is 0 Å². The first-order valence-corrected chi connectivity index (χ1v) is 6.79. The van der Waals surface area contributed by atoms with Crippen molar-refractivity contribution >= 4 is 8.07 Å². The predicted octanol–water partition coefficient (Wildman–Crippen LogP) is 0.606. The zero-order valence-corrected chi connectivity index (χ0v) is 7.55. The van der Waals surface area contributed by atoms with Crippen molar-refractivity contribution in [2.45, 2.75) is 38.4 Å². The second-order valence-electron chi connectivity index (χ2n) is 3.55. The highest BCUT2D eigenvalue weighted by atomic mass is 28.3. The highest BCUT2D eigenvalue weighted by Gasteiger charge is 2.27. The quantitative estimate of drug-likeness (QED) is 0.563. The van der Waals surface area contributed by atoms with Crippen LogP contribution in [-0.2, 0) is 0 Å². The van der Waals surface area contributed by atoms with Gasteiger partial charge in [0.15, 0.2) is 0 Å². The van der Waals surface area contributed by atoms with E-state index in [-0.39, 0.29) is 0 Å². The minimum absolute atomic E-state index is 0.488. The van der Waals surface area contributed by atoms with Gasteiger partial charge in [0.05, 0.1) is 19.9 Å². The Balaban J connectivity index is 3.88. The zero-order chi connectivity index (χ0) is 7.65. The maximum absolute atomic E-state index is 9.27. The maximum atomic E-state index is 9.27. The molecule has 0 amide bonds. The topological polar surface area (TPSA) is 40.5 Å². The van der Waals surface area contributed by atoms with Gasteiger partial charge >= 0.3 is 0 Å². The van der Waals surface area contributed by atoms with E-state index in [1.807, 2.05) is 19.6 Å². The van der Waals surface area contributed by atoms with Crippen molar-refractivity contribution in [3.8, 4) is 0 Å². The molecule has 3 heteroatoms. The van der Waals surface area contributed by atoms with Gasteiger partial charge < -0.3 is 10.2 Å². The zero-order valence-electron chi connectivity index (χ0n) is 6.55. The summed E-state index contributed by atoms with van der Waals surface area (Å²) in [5.41, 5.74) is -0.488. The van der Waals surface area contributed by atoms with Crippen LogP contribution in [0, 0.1) is 0 Å². The van der Waals surface area contributed by atoms with Crippen molar-refractivity contribution in [3.63, 3.8) is 0 Å². The number of rotatable bonds is 2. The molecule has 0 aromatic heterocycles. The van der Waals surface area contributed by atoms with E-state index in [1.54, 1.807) is 6.92 Å². The second-order valence-corrected chi connectivity index (χ2v) is 8.88. The summed E-state index contributed by atoms with van der Waals surface area (Å²) in [5, 5.41) is 18.2. The molecule has 0 aromatic carbocycles. The fraction of sp³-hybridized carbons (Fsp3) is 1.00. The van der Waals surface area contributed by atoms with Crippen LogP contribution in [0.15, 0.2) is 0 Å². The van der Waals surface area contributed by atoms with E-state index in [4.69, 9.17) is 5.11 Å². The average Bonchev–Trinajstić information content (AvgIpc) is 1.62. The maximum Gasteiger partial charge on any atom is 0.0815 e. The van der Waals surface area contributed by atoms with Gasteiger partial charge in [-0.15, -0.1) is 0 Å². The Labute approximate surface area is 57.5 Å². The molecule has 0 saturated heterocycles. The Hall–Kier alpha value is 0.137. The summed E-state index contributed by atoms with van der Waals surface area (Å²) in [6, 6.07) is 0. The molecular formula is C6H16O2Si. The molecule has 0 aliphatic heterocycles. The van der Waals surface area contributed by atoms with E-state index >= 15 is 0 Å². The molecule has 0 aliphatic carbocycles. The molecule has 2 atom stereocenters. The Morgan fingerprint density at radius 2 is 1.44 bits per heavy atom. The van der Waals surface area contributed by atoms with Crippen LogP contribution < -0.4 is 0 Å². The molecule has 0 spiro atoms. The van der Waals surface area contributed by atoms with Gasteiger partial charge in [-0.25, -0.2) is 0 Å². The smallest absolute Gasteiger partial charge is 0.0815 e. The predicted molar refractivity (Wildman–Crippen MR) is 41.0 cm³/mol. The first kappa shape index (κ1) is 9.14. The van der Waals surface area contributed by atoms with Crippen LogP contribution in [0.3, 0.4) is 0 Å². The molecule has 0 bridgehead atoms. The van der Waals surface area contributed by atoms with Gasteiger partial charge in [0, 0.05) is 0 Å². The minimum atomic E-state index is -1.52. The third kappa shape index (κ3) is 2.98. The molecule has 0 aliphatic rings. The van der Waals surface area contributed by atoms with Crippen LogP contribution in [0.2, 0.25) is 19.6 Å². The first-order chi connectivity index (χ1) is 3.85. The third-order valence-corrected chi connectivity index (χ3v) is 3.60. The van der Waals surface area contributed by atoms with Crippen molar-refractivity contribution in [2.75, 3.05) is 0 Å².